The molecule has 0 N–H and O–H groups in total. The van der Waals surface area contributed by atoms with Crippen molar-refractivity contribution in [3.8, 4) is 0 Å². The van der Waals surface area contributed by atoms with Crippen molar-refractivity contribution in [1.29, 1.82) is 0 Å². The standard InChI is InChI=1S/C23H22F4N4/c1-14(17-11-30(2)12-17)31(19-5-3-4-18(24)9-19)13-16-7-6-15(8-20(16)25)21-10-22(23(26)27)29-28-21/h3-9,17,23H,1,10-13H2,2H3. The quantitative estimate of drug-likeness (QED) is 0.588. The number of nitrogens with zero attached hydrogens (tertiary/aromatic N) is 4. The first-order chi connectivity index (χ1) is 14.8. The lowest BCUT2D eigenvalue weighted by molar-refractivity contribution is 0.159. The zero-order valence-electron chi connectivity index (χ0n) is 17.0. The van der Waals surface area contributed by atoms with Crippen molar-refractivity contribution in [1.82, 2.24) is 4.90 Å². The monoisotopic (exact) mass is 430 g/mol. The highest BCUT2D eigenvalue weighted by Gasteiger charge is 2.30. The Kier molecular flexibility index (Phi) is 5.91. The van der Waals surface area contributed by atoms with Crippen molar-refractivity contribution in [2.45, 2.75) is 19.4 Å². The third-order valence-corrected chi connectivity index (χ3v) is 5.62. The molecule has 4 nitrogen and oxygen atoms in total. The Morgan fingerprint density at radius 2 is 1.94 bits per heavy atom. The van der Waals surface area contributed by atoms with Gasteiger partial charge in [0.1, 0.15) is 17.3 Å². The number of hydrogen-bond donors (Lipinski definition) is 0. The van der Waals surface area contributed by atoms with Crippen LogP contribution in [0.4, 0.5) is 23.2 Å². The summed E-state index contributed by atoms with van der Waals surface area (Å²) in [5.74, 6) is -0.676. The van der Waals surface area contributed by atoms with Gasteiger partial charge in [0, 0.05) is 47.9 Å². The van der Waals surface area contributed by atoms with Crippen LogP contribution in [0.15, 0.2) is 64.9 Å². The Bertz CT molecular complexity index is 1060. The second-order valence-electron chi connectivity index (χ2n) is 7.90. The van der Waals surface area contributed by atoms with Crippen LogP contribution >= 0.6 is 0 Å². The van der Waals surface area contributed by atoms with Crippen molar-refractivity contribution >= 4 is 17.1 Å². The summed E-state index contributed by atoms with van der Waals surface area (Å²) in [5.41, 5.74) is 2.18. The molecule has 8 heteroatoms. The van der Waals surface area contributed by atoms with Crippen molar-refractivity contribution in [2.24, 2.45) is 16.1 Å². The first-order valence-electron chi connectivity index (χ1n) is 9.92. The lowest BCUT2D eigenvalue weighted by Gasteiger charge is -2.41. The third kappa shape index (κ3) is 4.54. The number of alkyl halides is 2. The summed E-state index contributed by atoms with van der Waals surface area (Å²) in [6.07, 6.45) is -2.78. The van der Waals surface area contributed by atoms with Crippen molar-refractivity contribution < 1.29 is 17.6 Å². The van der Waals surface area contributed by atoms with Crippen LogP contribution in [0.3, 0.4) is 0 Å². The fourth-order valence-electron chi connectivity index (χ4n) is 3.81. The molecule has 2 aromatic carbocycles. The normalized spacial score (nSPS) is 16.8. The number of hydrogen-bond acceptors (Lipinski definition) is 4. The zero-order valence-corrected chi connectivity index (χ0v) is 17.0. The summed E-state index contributed by atoms with van der Waals surface area (Å²) in [4.78, 5) is 3.97. The van der Waals surface area contributed by atoms with Crippen LogP contribution in [0, 0.1) is 17.6 Å². The van der Waals surface area contributed by atoms with Gasteiger partial charge < -0.3 is 9.80 Å². The van der Waals surface area contributed by atoms with Gasteiger partial charge in [-0.05, 0) is 31.3 Å². The van der Waals surface area contributed by atoms with Crippen LogP contribution in [-0.2, 0) is 6.54 Å². The lowest BCUT2D eigenvalue weighted by Crippen LogP contribution is -2.47. The van der Waals surface area contributed by atoms with E-state index in [1.807, 2.05) is 11.9 Å². The van der Waals surface area contributed by atoms with Gasteiger partial charge in [-0.1, -0.05) is 24.8 Å². The second kappa shape index (κ2) is 8.63. The summed E-state index contributed by atoms with van der Waals surface area (Å²) < 4.78 is 54.4. The Morgan fingerprint density at radius 1 is 1.16 bits per heavy atom. The van der Waals surface area contributed by atoms with Crippen LogP contribution in [-0.4, -0.2) is 42.9 Å². The zero-order chi connectivity index (χ0) is 22.1. The van der Waals surface area contributed by atoms with E-state index in [4.69, 9.17) is 0 Å². The third-order valence-electron chi connectivity index (χ3n) is 5.62. The number of likely N-dealkylation sites (tertiary alicyclic amines) is 1. The van der Waals surface area contributed by atoms with Gasteiger partial charge in [0.15, 0.2) is 0 Å². The van der Waals surface area contributed by atoms with E-state index in [1.165, 1.54) is 18.2 Å². The molecule has 0 spiro atoms. The summed E-state index contributed by atoms with van der Waals surface area (Å²) in [5, 5.41) is 7.24. The molecule has 0 radical (unpaired) electrons. The SMILES string of the molecule is C=C(C1CN(C)C1)N(Cc1ccc(C2=NN=C(C(F)F)C2)cc1F)c1cccc(F)c1. The van der Waals surface area contributed by atoms with Crippen LogP contribution < -0.4 is 4.90 Å². The lowest BCUT2D eigenvalue weighted by atomic mass is 9.95. The molecule has 4 rings (SSSR count). The maximum absolute atomic E-state index is 15.0. The molecule has 0 atom stereocenters. The largest absolute Gasteiger partial charge is 0.341 e. The first kappa shape index (κ1) is 21.2. The van der Waals surface area contributed by atoms with E-state index in [0.717, 1.165) is 18.8 Å². The molecule has 2 aromatic rings. The molecule has 0 aliphatic carbocycles. The van der Waals surface area contributed by atoms with Crippen molar-refractivity contribution in [3.63, 3.8) is 0 Å². The Morgan fingerprint density at radius 3 is 2.55 bits per heavy atom. The molecular formula is C23H22F4N4. The minimum atomic E-state index is -2.68. The Balaban J connectivity index is 1.56. The van der Waals surface area contributed by atoms with Crippen LogP contribution in [0.1, 0.15) is 17.5 Å². The highest BCUT2D eigenvalue weighted by atomic mass is 19.3. The van der Waals surface area contributed by atoms with E-state index < -0.39 is 12.2 Å². The predicted octanol–water partition coefficient (Wildman–Crippen LogP) is 4.86. The average molecular weight is 430 g/mol. The maximum Gasteiger partial charge on any atom is 0.278 e. The van der Waals surface area contributed by atoms with Gasteiger partial charge in [0.25, 0.3) is 6.43 Å². The molecule has 0 amide bonds. The predicted molar refractivity (Wildman–Crippen MR) is 114 cm³/mol. The van der Waals surface area contributed by atoms with E-state index in [0.29, 0.717) is 22.5 Å². The average Bonchev–Trinajstić information content (AvgIpc) is 3.21. The summed E-state index contributed by atoms with van der Waals surface area (Å²) >= 11 is 0. The minimum Gasteiger partial charge on any atom is -0.341 e. The smallest absolute Gasteiger partial charge is 0.278 e. The molecule has 0 saturated carbocycles. The summed E-state index contributed by atoms with van der Waals surface area (Å²) in [7, 11) is 2.00. The number of benzene rings is 2. The van der Waals surface area contributed by atoms with Crippen molar-refractivity contribution in [3.05, 3.63) is 77.5 Å². The first-order valence-corrected chi connectivity index (χ1v) is 9.92. The number of anilines is 1. The molecule has 2 aliphatic heterocycles. The second-order valence-corrected chi connectivity index (χ2v) is 7.90. The van der Waals surface area contributed by atoms with Gasteiger partial charge in [-0.2, -0.15) is 10.2 Å². The number of halogens is 4. The molecule has 1 saturated heterocycles. The molecule has 0 bridgehead atoms. The van der Waals surface area contributed by atoms with E-state index in [2.05, 4.69) is 21.7 Å². The highest BCUT2D eigenvalue weighted by Crippen LogP contribution is 2.31. The molecule has 162 valence electrons. The highest BCUT2D eigenvalue weighted by molar-refractivity contribution is 6.15. The van der Waals surface area contributed by atoms with Gasteiger partial charge in [-0.25, -0.2) is 17.6 Å². The van der Waals surface area contributed by atoms with E-state index in [1.54, 1.807) is 24.3 Å². The summed E-state index contributed by atoms with van der Waals surface area (Å²) in [6.45, 7) is 6.03. The molecule has 0 aromatic heterocycles. The number of rotatable bonds is 7. The molecule has 1 fully saturated rings. The molecule has 2 heterocycles. The van der Waals surface area contributed by atoms with E-state index >= 15 is 0 Å². The van der Waals surface area contributed by atoms with Crippen LogP contribution in [0.25, 0.3) is 0 Å². The van der Waals surface area contributed by atoms with Crippen molar-refractivity contribution in [2.75, 3.05) is 25.0 Å². The van der Waals surface area contributed by atoms with E-state index in [-0.39, 0.29) is 30.4 Å². The molecule has 0 unspecified atom stereocenters. The van der Waals surface area contributed by atoms with Gasteiger partial charge in [0.2, 0.25) is 0 Å². The maximum atomic E-state index is 15.0. The van der Waals surface area contributed by atoms with Gasteiger partial charge in [-0.15, -0.1) is 0 Å². The van der Waals surface area contributed by atoms with Gasteiger partial charge in [0.05, 0.1) is 12.3 Å². The fourth-order valence-corrected chi connectivity index (χ4v) is 3.81. The topological polar surface area (TPSA) is 31.2 Å². The molecular weight excluding hydrogens is 408 g/mol. The Hall–Kier alpha value is -3.00. The van der Waals surface area contributed by atoms with Crippen LogP contribution in [0.5, 0.6) is 0 Å². The molecule has 2 aliphatic rings. The summed E-state index contributed by atoms with van der Waals surface area (Å²) in [6, 6.07) is 10.6. The Labute approximate surface area is 178 Å². The minimum absolute atomic E-state index is 0.0993. The van der Waals surface area contributed by atoms with E-state index in [9.17, 15) is 17.6 Å². The van der Waals surface area contributed by atoms with Gasteiger partial charge in [-0.3, -0.25) is 0 Å². The van der Waals surface area contributed by atoms with Gasteiger partial charge >= 0.3 is 0 Å². The van der Waals surface area contributed by atoms with Crippen LogP contribution in [0.2, 0.25) is 0 Å². The molecule has 31 heavy (non-hydrogen) atoms. The fraction of sp³-hybridized carbons (Fsp3) is 0.304.